The second-order valence-electron chi connectivity index (χ2n) is 6.41. The molecule has 21 heavy (non-hydrogen) atoms. The highest BCUT2D eigenvalue weighted by atomic mass is 32.1. The molecule has 0 aliphatic carbocycles. The Morgan fingerprint density at radius 1 is 1.38 bits per heavy atom. The fraction of sp³-hybridized carbons (Fsp3) is 0.562. The van der Waals surface area contributed by atoms with E-state index in [1.807, 2.05) is 44.0 Å². The maximum Gasteiger partial charge on any atom is 0.265 e. The molecule has 0 aromatic carbocycles. The summed E-state index contributed by atoms with van der Waals surface area (Å²) in [5.41, 5.74) is -0.0572. The first-order valence-electron chi connectivity index (χ1n) is 6.91. The molecule has 1 fully saturated rings. The Labute approximate surface area is 129 Å². The van der Waals surface area contributed by atoms with Crippen molar-refractivity contribution < 1.29 is 14.6 Å². The monoisotopic (exact) mass is 307 g/mol. The SMILES string of the molecule is CC1(C)CN(C(=O)c2sccc2C#CCO)CC(C)(C)O1. The van der Waals surface area contributed by atoms with Crippen molar-refractivity contribution in [3.63, 3.8) is 0 Å². The Bertz CT molecular complexity index is 576. The van der Waals surface area contributed by atoms with Gasteiger partial charge in [0, 0.05) is 18.7 Å². The summed E-state index contributed by atoms with van der Waals surface area (Å²) in [5.74, 6) is 5.42. The van der Waals surface area contributed by atoms with Gasteiger partial charge in [0.2, 0.25) is 0 Å². The van der Waals surface area contributed by atoms with Crippen LogP contribution in [0.25, 0.3) is 0 Å². The topological polar surface area (TPSA) is 49.8 Å². The number of thiophene rings is 1. The van der Waals surface area contributed by atoms with Crippen molar-refractivity contribution in [1.29, 1.82) is 0 Å². The van der Waals surface area contributed by atoms with Crippen LogP contribution in [-0.4, -0.2) is 46.8 Å². The number of morpholine rings is 1. The van der Waals surface area contributed by atoms with Gasteiger partial charge in [-0.15, -0.1) is 11.3 Å². The van der Waals surface area contributed by atoms with E-state index in [1.165, 1.54) is 11.3 Å². The minimum absolute atomic E-state index is 0.0170. The average Bonchev–Trinajstić information content (AvgIpc) is 2.79. The van der Waals surface area contributed by atoms with Crippen molar-refractivity contribution in [3.05, 3.63) is 21.9 Å². The van der Waals surface area contributed by atoms with Gasteiger partial charge in [0.05, 0.1) is 11.2 Å². The molecule has 5 heteroatoms. The van der Waals surface area contributed by atoms with Gasteiger partial charge in [0.1, 0.15) is 11.5 Å². The van der Waals surface area contributed by atoms with Crippen LogP contribution in [0.5, 0.6) is 0 Å². The largest absolute Gasteiger partial charge is 0.384 e. The van der Waals surface area contributed by atoms with Gasteiger partial charge in [0.25, 0.3) is 5.91 Å². The van der Waals surface area contributed by atoms with Crippen LogP contribution in [0.3, 0.4) is 0 Å². The molecule has 0 bridgehead atoms. The number of aliphatic hydroxyl groups is 1. The van der Waals surface area contributed by atoms with Gasteiger partial charge in [0.15, 0.2) is 0 Å². The molecule has 2 heterocycles. The Kier molecular flexibility index (Phi) is 4.43. The molecule has 0 spiro atoms. The number of nitrogens with zero attached hydrogens (tertiary/aromatic N) is 1. The number of amides is 1. The van der Waals surface area contributed by atoms with Gasteiger partial charge in [-0.3, -0.25) is 4.79 Å². The first kappa shape index (κ1) is 16.0. The number of carbonyl (C=O) groups is 1. The molecule has 114 valence electrons. The van der Waals surface area contributed by atoms with Crippen LogP contribution < -0.4 is 0 Å². The minimum atomic E-state index is -0.369. The van der Waals surface area contributed by atoms with Crippen molar-refractivity contribution in [1.82, 2.24) is 4.90 Å². The Hall–Kier alpha value is -1.35. The zero-order chi connectivity index (χ0) is 15.7. The molecule has 0 unspecified atom stereocenters. The zero-order valence-electron chi connectivity index (χ0n) is 12.9. The lowest BCUT2D eigenvalue weighted by Gasteiger charge is -2.47. The summed E-state index contributed by atoms with van der Waals surface area (Å²) in [6.07, 6.45) is 0. The van der Waals surface area contributed by atoms with Crippen LogP contribution in [0.15, 0.2) is 11.4 Å². The molecule has 2 rings (SSSR count). The number of hydrogen-bond acceptors (Lipinski definition) is 4. The number of hydrogen-bond donors (Lipinski definition) is 1. The molecule has 0 saturated carbocycles. The van der Waals surface area contributed by atoms with E-state index in [2.05, 4.69) is 11.8 Å². The van der Waals surface area contributed by atoms with E-state index in [9.17, 15) is 4.79 Å². The van der Waals surface area contributed by atoms with E-state index in [1.54, 1.807) is 0 Å². The molecule has 0 radical (unpaired) electrons. The van der Waals surface area contributed by atoms with E-state index in [-0.39, 0.29) is 23.7 Å². The number of ether oxygens (including phenoxy) is 1. The summed E-state index contributed by atoms with van der Waals surface area (Å²) in [5, 5.41) is 10.7. The molecule has 1 aromatic heterocycles. The average molecular weight is 307 g/mol. The fourth-order valence-electron chi connectivity index (χ4n) is 2.78. The normalized spacial score (nSPS) is 19.8. The van der Waals surface area contributed by atoms with E-state index in [4.69, 9.17) is 9.84 Å². The van der Waals surface area contributed by atoms with Gasteiger partial charge in [-0.05, 0) is 39.1 Å². The Balaban J connectivity index is 2.26. The second kappa shape index (κ2) is 5.80. The summed E-state index contributed by atoms with van der Waals surface area (Å²) >= 11 is 1.39. The van der Waals surface area contributed by atoms with Crippen LogP contribution in [0.1, 0.15) is 42.9 Å². The van der Waals surface area contributed by atoms with Crippen molar-refractivity contribution >= 4 is 17.2 Å². The van der Waals surface area contributed by atoms with Crippen LogP contribution in [0.4, 0.5) is 0 Å². The third-order valence-electron chi connectivity index (χ3n) is 3.14. The minimum Gasteiger partial charge on any atom is -0.384 e. The first-order chi connectivity index (χ1) is 9.74. The van der Waals surface area contributed by atoms with Crippen molar-refractivity contribution in [2.75, 3.05) is 19.7 Å². The molecule has 1 aromatic rings. The van der Waals surface area contributed by atoms with E-state index in [0.717, 1.165) is 0 Å². The van der Waals surface area contributed by atoms with Crippen molar-refractivity contribution in [2.45, 2.75) is 38.9 Å². The van der Waals surface area contributed by atoms with E-state index >= 15 is 0 Å². The predicted molar refractivity (Wildman–Crippen MR) is 83.4 cm³/mol. The molecule has 1 aliphatic rings. The third-order valence-corrected chi connectivity index (χ3v) is 4.05. The summed E-state index contributed by atoms with van der Waals surface area (Å²) in [6, 6.07) is 1.82. The molecule has 1 amide bonds. The number of aliphatic hydroxyl groups excluding tert-OH is 1. The van der Waals surface area contributed by atoms with Crippen LogP contribution in [0.2, 0.25) is 0 Å². The van der Waals surface area contributed by atoms with E-state index < -0.39 is 0 Å². The molecular formula is C16H21NO3S. The third kappa shape index (κ3) is 3.85. The van der Waals surface area contributed by atoms with Gasteiger partial charge >= 0.3 is 0 Å². The Morgan fingerprint density at radius 3 is 2.57 bits per heavy atom. The van der Waals surface area contributed by atoms with Gasteiger partial charge < -0.3 is 14.7 Å². The quantitative estimate of drug-likeness (QED) is 0.809. The Morgan fingerprint density at radius 2 is 2.00 bits per heavy atom. The van der Waals surface area contributed by atoms with Gasteiger partial charge in [-0.1, -0.05) is 11.8 Å². The maximum atomic E-state index is 12.8. The summed E-state index contributed by atoms with van der Waals surface area (Å²) in [4.78, 5) is 15.2. The molecule has 1 N–H and O–H groups in total. The van der Waals surface area contributed by atoms with Crippen molar-refractivity contribution in [2.24, 2.45) is 0 Å². The lowest BCUT2D eigenvalue weighted by atomic mass is 9.98. The molecule has 4 nitrogen and oxygen atoms in total. The first-order valence-corrected chi connectivity index (χ1v) is 7.79. The van der Waals surface area contributed by atoms with Crippen LogP contribution in [-0.2, 0) is 4.74 Å². The standard InChI is InChI=1S/C16H21NO3S/c1-15(2)10-17(11-16(3,4)20-15)14(19)13-12(6-5-8-18)7-9-21-13/h7,9,18H,8,10-11H2,1-4H3. The van der Waals surface area contributed by atoms with Crippen LogP contribution >= 0.6 is 11.3 Å². The molecular weight excluding hydrogens is 286 g/mol. The van der Waals surface area contributed by atoms with Gasteiger partial charge in [-0.25, -0.2) is 0 Å². The number of rotatable bonds is 1. The molecule has 1 aliphatic heterocycles. The summed E-state index contributed by atoms with van der Waals surface area (Å²) in [6.45, 7) is 8.88. The van der Waals surface area contributed by atoms with E-state index in [0.29, 0.717) is 23.5 Å². The van der Waals surface area contributed by atoms with Gasteiger partial charge in [-0.2, -0.15) is 0 Å². The fourth-order valence-corrected chi connectivity index (χ4v) is 3.60. The predicted octanol–water partition coefficient (Wildman–Crippen LogP) is 2.12. The lowest BCUT2D eigenvalue weighted by Crippen LogP contribution is -2.58. The molecule has 1 saturated heterocycles. The maximum absolute atomic E-state index is 12.8. The highest BCUT2D eigenvalue weighted by Gasteiger charge is 2.40. The lowest BCUT2D eigenvalue weighted by molar-refractivity contribution is -0.171. The summed E-state index contributed by atoms with van der Waals surface area (Å²) < 4.78 is 6.00. The zero-order valence-corrected chi connectivity index (χ0v) is 13.7. The highest BCUT2D eigenvalue weighted by Crippen LogP contribution is 2.30. The number of carbonyl (C=O) groups excluding carboxylic acids is 1. The highest BCUT2D eigenvalue weighted by molar-refractivity contribution is 7.12. The summed E-state index contributed by atoms with van der Waals surface area (Å²) in [7, 11) is 0. The second-order valence-corrected chi connectivity index (χ2v) is 7.32. The smallest absolute Gasteiger partial charge is 0.265 e. The molecule has 0 atom stereocenters. The van der Waals surface area contributed by atoms with Crippen molar-refractivity contribution in [3.8, 4) is 11.8 Å². The van der Waals surface area contributed by atoms with Crippen LogP contribution in [0, 0.1) is 11.8 Å².